The molecule has 0 saturated heterocycles. The van der Waals surface area contributed by atoms with E-state index >= 15 is 0 Å². The molecule has 9 heteroatoms. The number of rotatable bonds is 5. The average molecular weight is 280 g/mol. The summed E-state index contributed by atoms with van der Waals surface area (Å²) in [5.74, 6) is -1.68. The summed E-state index contributed by atoms with van der Waals surface area (Å²) in [7, 11) is 1.27. The Balaban J connectivity index is 2.21. The van der Waals surface area contributed by atoms with Gasteiger partial charge in [0.2, 0.25) is 5.82 Å². The van der Waals surface area contributed by atoms with Gasteiger partial charge in [0, 0.05) is 6.04 Å². The first-order valence-electron chi connectivity index (χ1n) is 5.74. The van der Waals surface area contributed by atoms with E-state index in [9.17, 15) is 14.9 Å². The minimum Gasteiger partial charge on any atom is -0.481 e. The van der Waals surface area contributed by atoms with Crippen molar-refractivity contribution in [2.24, 2.45) is 5.92 Å². The van der Waals surface area contributed by atoms with Gasteiger partial charge in [0.15, 0.2) is 0 Å². The first-order chi connectivity index (χ1) is 9.52. The van der Waals surface area contributed by atoms with Gasteiger partial charge in [-0.15, -0.1) is 0 Å². The van der Waals surface area contributed by atoms with Crippen LogP contribution >= 0.6 is 0 Å². The highest BCUT2D eigenvalue weighted by molar-refractivity contribution is 5.73. The quantitative estimate of drug-likeness (QED) is 0.461. The maximum Gasteiger partial charge on any atom is 0.372 e. The molecule has 20 heavy (non-hydrogen) atoms. The SMILES string of the molecule is COc1ncnc(NC2C=CC(C(=O)O)C2)c1[N+](=O)[O-]. The third kappa shape index (κ3) is 2.66. The minimum atomic E-state index is -0.930. The first kappa shape index (κ1) is 13.7. The van der Waals surface area contributed by atoms with E-state index in [1.54, 1.807) is 12.2 Å². The van der Waals surface area contributed by atoms with Crippen LogP contribution in [0.3, 0.4) is 0 Å². The largest absolute Gasteiger partial charge is 0.481 e. The lowest BCUT2D eigenvalue weighted by molar-refractivity contribution is -0.385. The zero-order chi connectivity index (χ0) is 14.7. The third-order valence-corrected chi connectivity index (χ3v) is 2.89. The van der Waals surface area contributed by atoms with Gasteiger partial charge in [0.05, 0.1) is 18.0 Å². The minimum absolute atomic E-state index is 0.00235. The lowest BCUT2D eigenvalue weighted by Gasteiger charge is -2.13. The summed E-state index contributed by atoms with van der Waals surface area (Å²) in [4.78, 5) is 28.7. The molecule has 1 aliphatic rings. The number of nitrogens with zero attached hydrogens (tertiary/aromatic N) is 3. The second-order valence-electron chi connectivity index (χ2n) is 4.15. The number of carboxylic acids is 1. The zero-order valence-electron chi connectivity index (χ0n) is 10.5. The van der Waals surface area contributed by atoms with Crippen LogP contribution in [0.1, 0.15) is 6.42 Å². The standard InChI is InChI=1S/C11H12N4O5/c1-20-10-8(15(18)19)9(12-5-13-10)14-7-3-2-6(4-7)11(16)17/h2-3,5-7H,4H2,1H3,(H,16,17)(H,12,13,14). The second-order valence-corrected chi connectivity index (χ2v) is 4.15. The summed E-state index contributed by atoms with van der Waals surface area (Å²) in [6.07, 6.45) is 4.64. The Hall–Kier alpha value is -2.71. The van der Waals surface area contributed by atoms with Crippen LogP contribution in [0.4, 0.5) is 11.5 Å². The highest BCUT2D eigenvalue weighted by atomic mass is 16.6. The number of carbonyl (C=O) groups is 1. The number of nitro groups is 1. The van der Waals surface area contributed by atoms with Gasteiger partial charge >= 0.3 is 11.7 Å². The number of methoxy groups -OCH3 is 1. The Morgan fingerprint density at radius 3 is 2.85 bits per heavy atom. The lowest BCUT2D eigenvalue weighted by Crippen LogP contribution is -2.20. The maximum atomic E-state index is 11.0. The van der Waals surface area contributed by atoms with Crippen LogP contribution < -0.4 is 10.1 Å². The van der Waals surface area contributed by atoms with Crippen molar-refractivity contribution >= 4 is 17.5 Å². The number of hydrogen-bond acceptors (Lipinski definition) is 7. The van der Waals surface area contributed by atoms with E-state index in [0.29, 0.717) is 6.42 Å². The van der Waals surface area contributed by atoms with Crippen LogP contribution in [0.2, 0.25) is 0 Å². The van der Waals surface area contributed by atoms with Gasteiger partial charge in [-0.05, 0) is 6.42 Å². The molecule has 106 valence electrons. The number of aromatic nitrogens is 2. The van der Waals surface area contributed by atoms with Gasteiger partial charge in [0.25, 0.3) is 5.88 Å². The van der Waals surface area contributed by atoms with Gasteiger partial charge in [-0.3, -0.25) is 14.9 Å². The molecule has 1 aromatic rings. The highest BCUT2D eigenvalue weighted by Gasteiger charge is 2.29. The monoisotopic (exact) mass is 280 g/mol. The summed E-state index contributed by atoms with van der Waals surface area (Å²) < 4.78 is 4.83. The predicted molar refractivity (Wildman–Crippen MR) is 67.5 cm³/mol. The van der Waals surface area contributed by atoms with Crippen molar-refractivity contribution < 1.29 is 19.6 Å². The first-order valence-corrected chi connectivity index (χ1v) is 5.74. The van der Waals surface area contributed by atoms with E-state index in [1.165, 1.54) is 7.11 Å². The van der Waals surface area contributed by atoms with Crippen molar-refractivity contribution in [1.29, 1.82) is 0 Å². The van der Waals surface area contributed by atoms with Gasteiger partial charge in [-0.1, -0.05) is 12.2 Å². The summed E-state index contributed by atoms with van der Waals surface area (Å²) >= 11 is 0. The molecule has 0 fully saturated rings. The van der Waals surface area contributed by atoms with Crippen molar-refractivity contribution in [3.63, 3.8) is 0 Å². The van der Waals surface area contributed by atoms with Crippen molar-refractivity contribution in [3.05, 3.63) is 28.6 Å². The molecule has 0 bridgehead atoms. The Bertz CT molecular complexity index is 574. The average Bonchev–Trinajstić information content (AvgIpc) is 2.86. The van der Waals surface area contributed by atoms with Crippen LogP contribution in [0.5, 0.6) is 5.88 Å². The smallest absolute Gasteiger partial charge is 0.372 e. The molecule has 1 heterocycles. The number of ether oxygens (including phenoxy) is 1. The molecule has 9 nitrogen and oxygen atoms in total. The number of nitrogens with one attached hydrogen (secondary N) is 1. The molecule has 1 aliphatic carbocycles. The topological polar surface area (TPSA) is 127 Å². The molecule has 0 spiro atoms. The van der Waals surface area contributed by atoms with E-state index < -0.39 is 16.8 Å². The number of aliphatic carboxylic acids is 1. The van der Waals surface area contributed by atoms with Crippen molar-refractivity contribution in [3.8, 4) is 5.88 Å². The van der Waals surface area contributed by atoms with E-state index in [2.05, 4.69) is 15.3 Å². The fourth-order valence-corrected chi connectivity index (χ4v) is 1.95. The Kier molecular flexibility index (Phi) is 3.78. The van der Waals surface area contributed by atoms with E-state index in [-0.39, 0.29) is 23.4 Å². The van der Waals surface area contributed by atoms with Crippen molar-refractivity contribution in [2.75, 3.05) is 12.4 Å². The zero-order valence-corrected chi connectivity index (χ0v) is 10.5. The Morgan fingerprint density at radius 1 is 1.55 bits per heavy atom. The molecular weight excluding hydrogens is 268 g/mol. The van der Waals surface area contributed by atoms with Crippen LogP contribution in [0.25, 0.3) is 0 Å². The number of carboxylic acid groups (broad SMARTS) is 1. The lowest BCUT2D eigenvalue weighted by atomic mass is 10.1. The summed E-state index contributed by atoms with van der Waals surface area (Å²) in [6.45, 7) is 0. The van der Waals surface area contributed by atoms with Crippen molar-refractivity contribution in [1.82, 2.24) is 9.97 Å². The Labute approximate surface area is 113 Å². The van der Waals surface area contributed by atoms with Crippen molar-refractivity contribution in [2.45, 2.75) is 12.5 Å². The molecule has 0 saturated carbocycles. The van der Waals surface area contributed by atoms with E-state index in [0.717, 1.165) is 6.33 Å². The summed E-state index contributed by atoms with van der Waals surface area (Å²) in [5.41, 5.74) is -0.373. The van der Waals surface area contributed by atoms with Gasteiger partial charge in [-0.25, -0.2) is 4.98 Å². The van der Waals surface area contributed by atoms with Gasteiger partial charge in [0.1, 0.15) is 6.33 Å². The fourth-order valence-electron chi connectivity index (χ4n) is 1.95. The Morgan fingerprint density at radius 2 is 2.30 bits per heavy atom. The summed E-state index contributed by atoms with van der Waals surface area (Å²) in [5, 5.41) is 22.8. The summed E-state index contributed by atoms with van der Waals surface area (Å²) in [6, 6.07) is -0.339. The molecular formula is C11H12N4O5. The molecule has 2 rings (SSSR count). The molecule has 1 aromatic heterocycles. The van der Waals surface area contributed by atoms with Crippen LogP contribution in [0.15, 0.2) is 18.5 Å². The molecule has 2 N–H and O–H groups in total. The molecule has 0 aliphatic heterocycles. The van der Waals surface area contributed by atoms with Crippen LogP contribution in [0, 0.1) is 16.0 Å². The normalized spacial score (nSPS) is 20.6. The predicted octanol–water partition coefficient (Wildman–Crippen LogP) is 0.835. The van der Waals surface area contributed by atoms with E-state index in [1.807, 2.05) is 0 Å². The van der Waals surface area contributed by atoms with Gasteiger partial charge in [-0.2, -0.15) is 4.98 Å². The molecule has 0 radical (unpaired) electrons. The second kappa shape index (κ2) is 5.51. The highest BCUT2D eigenvalue weighted by Crippen LogP contribution is 2.32. The van der Waals surface area contributed by atoms with E-state index in [4.69, 9.17) is 9.84 Å². The molecule has 2 unspecified atom stereocenters. The van der Waals surface area contributed by atoms with Crippen LogP contribution in [-0.2, 0) is 4.79 Å². The molecule has 2 atom stereocenters. The molecule has 0 amide bonds. The maximum absolute atomic E-state index is 11.0. The van der Waals surface area contributed by atoms with Crippen LogP contribution in [-0.4, -0.2) is 39.1 Å². The number of hydrogen-bond donors (Lipinski definition) is 2. The third-order valence-electron chi connectivity index (χ3n) is 2.89. The number of anilines is 1. The van der Waals surface area contributed by atoms with Gasteiger partial charge < -0.3 is 15.2 Å². The molecule has 0 aromatic carbocycles. The fraction of sp³-hybridized carbons (Fsp3) is 0.364.